The standard InChI is InChI=1S/C12H12F3NO/c1-6(2)10-5-17-12(16-10)7-3-8(13)11(15)9(14)4-7/h3-4,6,10H,5H2,1-2H3/t10-/m0/s1. The lowest BCUT2D eigenvalue weighted by Gasteiger charge is -2.06. The highest BCUT2D eigenvalue weighted by Gasteiger charge is 2.24. The Hall–Kier alpha value is -1.52. The van der Waals surface area contributed by atoms with E-state index in [1.54, 1.807) is 0 Å². The highest BCUT2D eigenvalue weighted by atomic mass is 19.2. The van der Waals surface area contributed by atoms with Gasteiger partial charge in [0.15, 0.2) is 17.5 Å². The Labute approximate surface area is 97.1 Å². The Bertz CT molecular complexity index is 448. The Morgan fingerprint density at radius 3 is 2.29 bits per heavy atom. The highest BCUT2D eigenvalue weighted by Crippen LogP contribution is 2.20. The van der Waals surface area contributed by atoms with Crippen molar-refractivity contribution in [1.29, 1.82) is 0 Å². The van der Waals surface area contributed by atoms with Gasteiger partial charge in [0, 0.05) is 5.56 Å². The van der Waals surface area contributed by atoms with Gasteiger partial charge in [0.1, 0.15) is 6.61 Å². The molecule has 0 fully saturated rings. The van der Waals surface area contributed by atoms with Gasteiger partial charge in [-0.1, -0.05) is 13.8 Å². The number of hydrogen-bond acceptors (Lipinski definition) is 2. The molecular weight excluding hydrogens is 231 g/mol. The first-order valence-electron chi connectivity index (χ1n) is 5.34. The van der Waals surface area contributed by atoms with Crippen molar-refractivity contribution in [2.24, 2.45) is 10.9 Å². The number of hydrogen-bond donors (Lipinski definition) is 0. The molecule has 2 rings (SSSR count). The Balaban J connectivity index is 2.33. The van der Waals surface area contributed by atoms with E-state index in [9.17, 15) is 13.2 Å². The lowest BCUT2D eigenvalue weighted by molar-refractivity contribution is 0.291. The van der Waals surface area contributed by atoms with Gasteiger partial charge in [-0.15, -0.1) is 0 Å². The number of rotatable bonds is 2. The van der Waals surface area contributed by atoms with Crippen LogP contribution in [0.3, 0.4) is 0 Å². The minimum absolute atomic E-state index is 0.0267. The second-order valence-electron chi connectivity index (χ2n) is 4.31. The van der Waals surface area contributed by atoms with E-state index in [0.717, 1.165) is 12.1 Å². The molecule has 0 saturated heterocycles. The van der Waals surface area contributed by atoms with E-state index in [1.807, 2.05) is 13.8 Å². The summed E-state index contributed by atoms with van der Waals surface area (Å²) in [6.45, 7) is 4.34. The summed E-state index contributed by atoms with van der Waals surface area (Å²) in [6, 6.07) is 1.75. The topological polar surface area (TPSA) is 21.6 Å². The Morgan fingerprint density at radius 2 is 1.82 bits per heavy atom. The molecule has 1 heterocycles. The molecule has 0 spiro atoms. The van der Waals surface area contributed by atoms with Gasteiger partial charge >= 0.3 is 0 Å². The van der Waals surface area contributed by atoms with Gasteiger partial charge in [0.25, 0.3) is 0 Å². The number of aliphatic imine (C=N–C) groups is 1. The van der Waals surface area contributed by atoms with Crippen molar-refractivity contribution in [1.82, 2.24) is 0 Å². The highest BCUT2D eigenvalue weighted by molar-refractivity contribution is 5.95. The van der Waals surface area contributed by atoms with E-state index < -0.39 is 17.5 Å². The normalized spacial score (nSPS) is 19.4. The van der Waals surface area contributed by atoms with E-state index in [4.69, 9.17) is 4.74 Å². The van der Waals surface area contributed by atoms with E-state index in [-0.39, 0.29) is 23.4 Å². The predicted molar refractivity (Wildman–Crippen MR) is 57.4 cm³/mol. The van der Waals surface area contributed by atoms with Crippen molar-refractivity contribution in [3.63, 3.8) is 0 Å². The summed E-state index contributed by atoms with van der Waals surface area (Å²) >= 11 is 0. The van der Waals surface area contributed by atoms with Crippen molar-refractivity contribution in [2.75, 3.05) is 6.61 Å². The number of halogens is 3. The second kappa shape index (κ2) is 4.39. The van der Waals surface area contributed by atoms with Crippen LogP contribution in [0, 0.1) is 23.4 Å². The lowest BCUT2D eigenvalue weighted by Crippen LogP contribution is -2.13. The molecule has 0 radical (unpaired) electrons. The molecule has 1 aromatic rings. The molecule has 1 aliphatic heterocycles. The van der Waals surface area contributed by atoms with Crippen LogP contribution in [0.15, 0.2) is 17.1 Å². The third-order valence-corrected chi connectivity index (χ3v) is 2.67. The fourth-order valence-electron chi connectivity index (χ4n) is 1.57. The summed E-state index contributed by atoms with van der Waals surface area (Å²) < 4.78 is 44.1. The third-order valence-electron chi connectivity index (χ3n) is 2.67. The summed E-state index contributed by atoms with van der Waals surface area (Å²) in [5.41, 5.74) is 0.129. The minimum Gasteiger partial charge on any atom is -0.475 e. The number of ether oxygens (including phenoxy) is 1. The zero-order valence-corrected chi connectivity index (χ0v) is 9.51. The smallest absolute Gasteiger partial charge is 0.216 e. The van der Waals surface area contributed by atoms with Crippen LogP contribution >= 0.6 is 0 Å². The fourth-order valence-corrected chi connectivity index (χ4v) is 1.57. The molecule has 0 saturated carbocycles. The zero-order chi connectivity index (χ0) is 12.6. The maximum absolute atomic E-state index is 13.0. The van der Waals surface area contributed by atoms with Crippen molar-refractivity contribution in [3.8, 4) is 0 Å². The van der Waals surface area contributed by atoms with E-state index >= 15 is 0 Å². The van der Waals surface area contributed by atoms with E-state index in [2.05, 4.69) is 4.99 Å². The molecule has 0 N–H and O–H groups in total. The molecule has 0 bridgehead atoms. The fraction of sp³-hybridized carbons (Fsp3) is 0.417. The number of nitrogens with zero attached hydrogens (tertiary/aromatic N) is 1. The van der Waals surface area contributed by atoms with Gasteiger partial charge in [0.2, 0.25) is 5.90 Å². The van der Waals surface area contributed by atoms with Crippen LogP contribution in [0.4, 0.5) is 13.2 Å². The van der Waals surface area contributed by atoms with Gasteiger partial charge in [-0.05, 0) is 18.1 Å². The molecular formula is C12H12F3NO. The lowest BCUT2D eigenvalue weighted by atomic mass is 10.1. The van der Waals surface area contributed by atoms with Crippen LogP contribution in [-0.4, -0.2) is 18.5 Å². The maximum Gasteiger partial charge on any atom is 0.216 e. The van der Waals surface area contributed by atoms with Crippen LogP contribution in [0.1, 0.15) is 19.4 Å². The molecule has 2 nitrogen and oxygen atoms in total. The zero-order valence-electron chi connectivity index (χ0n) is 9.51. The van der Waals surface area contributed by atoms with Crippen LogP contribution in [0.5, 0.6) is 0 Å². The van der Waals surface area contributed by atoms with Crippen LogP contribution < -0.4 is 0 Å². The summed E-state index contributed by atoms with van der Waals surface area (Å²) in [5.74, 6) is -3.50. The van der Waals surface area contributed by atoms with Gasteiger partial charge in [-0.2, -0.15) is 0 Å². The van der Waals surface area contributed by atoms with Gasteiger partial charge in [-0.3, -0.25) is 0 Å². The number of benzene rings is 1. The Kier molecular flexibility index (Phi) is 3.09. The molecule has 17 heavy (non-hydrogen) atoms. The molecule has 0 aliphatic carbocycles. The summed E-state index contributed by atoms with van der Waals surface area (Å²) in [6.07, 6.45) is 0. The van der Waals surface area contributed by atoms with E-state index in [0.29, 0.717) is 6.61 Å². The van der Waals surface area contributed by atoms with Crippen molar-refractivity contribution in [2.45, 2.75) is 19.9 Å². The molecule has 1 aromatic carbocycles. The molecule has 0 unspecified atom stereocenters. The van der Waals surface area contributed by atoms with Crippen LogP contribution in [-0.2, 0) is 4.74 Å². The van der Waals surface area contributed by atoms with Crippen molar-refractivity contribution in [3.05, 3.63) is 35.1 Å². The summed E-state index contributed by atoms with van der Waals surface area (Å²) in [4.78, 5) is 4.21. The average Bonchev–Trinajstić information content (AvgIpc) is 2.74. The van der Waals surface area contributed by atoms with Gasteiger partial charge < -0.3 is 4.74 Å². The van der Waals surface area contributed by atoms with Crippen molar-refractivity contribution < 1.29 is 17.9 Å². The minimum atomic E-state index is -1.48. The molecule has 0 aromatic heterocycles. The SMILES string of the molecule is CC(C)[C@@H]1COC(c2cc(F)c(F)c(F)c2)=N1. The summed E-state index contributed by atoms with van der Waals surface area (Å²) in [7, 11) is 0. The van der Waals surface area contributed by atoms with Gasteiger partial charge in [0.05, 0.1) is 6.04 Å². The molecule has 0 amide bonds. The summed E-state index contributed by atoms with van der Waals surface area (Å²) in [5, 5.41) is 0. The first kappa shape index (κ1) is 12.0. The third kappa shape index (κ3) is 2.28. The molecule has 92 valence electrons. The first-order valence-corrected chi connectivity index (χ1v) is 5.34. The molecule has 1 atom stereocenters. The van der Waals surface area contributed by atoms with E-state index in [1.165, 1.54) is 0 Å². The molecule has 1 aliphatic rings. The maximum atomic E-state index is 13.0. The van der Waals surface area contributed by atoms with Crippen molar-refractivity contribution >= 4 is 5.90 Å². The first-order chi connectivity index (χ1) is 7.99. The van der Waals surface area contributed by atoms with Gasteiger partial charge in [-0.25, -0.2) is 18.2 Å². The Morgan fingerprint density at radius 1 is 1.24 bits per heavy atom. The average molecular weight is 243 g/mol. The second-order valence-corrected chi connectivity index (χ2v) is 4.31. The van der Waals surface area contributed by atoms with Crippen LogP contribution in [0.2, 0.25) is 0 Å². The monoisotopic (exact) mass is 243 g/mol. The quantitative estimate of drug-likeness (QED) is 0.732. The molecule has 5 heteroatoms. The predicted octanol–water partition coefficient (Wildman–Crippen LogP) is 2.91. The van der Waals surface area contributed by atoms with Crippen LogP contribution in [0.25, 0.3) is 0 Å². The largest absolute Gasteiger partial charge is 0.475 e.